The van der Waals surface area contributed by atoms with Crippen molar-refractivity contribution in [2.45, 2.75) is 62.9 Å². The number of amides is 2. The monoisotopic (exact) mass is 541 g/mol. The smallest absolute Gasteiger partial charge is 0.305 e. The minimum Gasteiger partial charge on any atom is -0.481 e. The fourth-order valence-corrected chi connectivity index (χ4v) is 7.14. The van der Waals surface area contributed by atoms with E-state index >= 15 is 0 Å². The summed E-state index contributed by atoms with van der Waals surface area (Å²) < 4.78 is 28.1. The topological polar surface area (TPSA) is 124 Å². The van der Waals surface area contributed by atoms with Gasteiger partial charge in [0.25, 0.3) is 5.91 Å². The molecule has 204 valence electrons. The summed E-state index contributed by atoms with van der Waals surface area (Å²) in [5.41, 5.74) is 1.33. The lowest BCUT2D eigenvalue weighted by atomic mass is 9.82. The maximum atomic E-state index is 13.8. The summed E-state index contributed by atoms with van der Waals surface area (Å²) in [6.07, 6.45) is 2.99. The largest absolute Gasteiger partial charge is 0.481 e. The Balaban J connectivity index is 1.60. The lowest BCUT2D eigenvalue weighted by molar-refractivity contribution is -0.142. The van der Waals surface area contributed by atoms with Crippen molar-refractivity contribution < 1.29 is 27.9 Å². The third kappa shape index (κ3) is 6.99. The highest BCUT2D eigenvalue weighted by Gasteiger charge is 2.46. The second-order valence-corrected chi connectivity index (χ2v) is 12.0. The Hall–Kier alpha value is -3.24. The highest BCUT2D eigenvalue weighted by Crippen LogP contribution is 2.29. The maximum Gasteiger partial charge on any atom is 0.305 e. The zero-order chi connectivity index (χ0) is 27.1. The number of aliphatic carboxylic acids is 1. The second kappa shape index (κ2) is 12.5. The van der Waals surface area contributed by atoms with Crippen LogP contribution in [0.25, 0.3) is 0 Å². The van der Waals surface area contributed by atoms with Gasteiger partial charge in [-0.15, -0.1) is 0 Å². The molecule has 2 N–H and O–H groups in total. The van der Waals surface area contributed by atoms with Gasteiger partial charge in [-0.3, -0.25) is 14.4 Å². The number of sulfonamides is 1. The van der Waals surface area contributed by atoms with Crippen LogP contribution >= 0.6 is 0 Å². The van der Waals surface area contributed by atoms with Gasteiger partial charge in [-0.2, -0.15) is 4.31 Å². The number of benzene rings is 2. The fraction of sp³-hybridized carbons (Fsp3) is 0.464. The number of nitrogens with one attached hydrogen (secondary N) is 1. The van der Waals surface area contributed by atoms with Crippen molar-refractivity contribution in [1.82, 2.24) is 14.5 Å². The minimum atomic E-state index is -3.97. The molecule has 0 aromatic heterocycles. The van der Waals surface area contributed by atoms with Gasteiger partial charge >= 0.3 is 5.97 Å². The number of rotatable bonds is 10. The average Bonchev–Trinajstić information content (AvgIpc) is 3.36. The zero-order valence-electron chi connectivity index (χ0n) is 21.4. The molecule has 2 amide bonds. The van der Waals surface area contributed by atoms with Gasteiger partial charge in [0, 0.05) is 19.1 Å². The first-order chi connectivity index (χ1) is 18.2. The van der Waals surface area contributed by atoms with Crippen molar-refractivity contribution in [2.24, 2.45) is 5.92 Å². The molecule has 9 nitrogen and oxygen atoms in total. The maximum absolute atomic E-state index is 13.8. The Morgan fingerprint density at radius 2 is 1.50 bits per heavy atom. The molecule has 0 spiro atoms. The van der Waals surface area contributed by atoms with E-state index in [2.05, 4.69) is 5.32 Å². The SMILES string of the molecule is O=C(O)CC(NC(=O)C1N(C(=O)Cc2ccccc2)CCN1S(=O)(=O)Cc1ccccc1)C1CCCCC1. The Kier molecular flexibility index (Phi) is 9.17. The van der Waals surface area contributed by atoms with Gasteiger partial charge in [-0.05, 0) is 29.9 Å². The van der Waals surface area contributed by atoms with E-state index in [-0.39, 0.29) is 43.5 Å². The van der Waals surface area contributed by atoms with E-state index < -0.39 is 34.1 Å². The first-order valence-electron chi connectivity index (χ1n) is 13.1. The fourth-order valence-electron chi connectivity index (χ4n) is 5.49. The summed E-state index contributed by atoms with van der Waals surface area (Å²) >= 11 is 0. The van der Waals surface area contributed by atoms with Gasteiger partial charge in [0.1, 0.15) is 0 Å². The van der Waals surface area contributed by atoms with Crippen LogP contribution in [0.5, 0.6) is 0 Å². The Labute approximate surface area is 223 Å². The molecular formula is C28H35N3O6S. The highest BCUT2D eigenvalue weighted by molar-refractivity contribution is 7.88. The number of carboxylic acids is 1. The molecule has 0 bridgehead atoms. The molecule has 0 radical (unpaired) electrons. The molecule has 4 rings (SSSR count). The third-order valence-electron chi connectivity index (χ3n) is 7.37. The first kappa shape index (κ1) is 27.8. The van der Waals surface area contributed by atoms with E-state index in [9.17, 15) is 27.9 Å². The van der Waals surface area contributed by atoms with Crippen LogP contribution in [-0.4, -0.2) is 65.8 Å². The van der Waals surface area contributed by atoms with Crippen LogP contribution in [0.3, 0.4) is 0 Å². The quantitative estimate of drug-likeness (QED) is 0.477. The average molecular weight is 542 g/mol. The summed E-state index contributed by atoms with van der Waals surface area (Å²) in [6.45, 7) is 0.0611. The molecule has 2 aromatic rings. The molecule has 1 aliphatic carbocycles. The summed E-state index contributed by atoms with van der Waals surface area (Å²) in [4.78, 5) is 40.1. The van der Waals surface area contributed by atoms with E-state index in [1.54, 1.807) is 42.5 Å². The lowest BCUT2D eigenvalue weighted by Crippen LogP contribution is -2.57. The molecule has 1 saturated heterocycles. The Morgan fingerprint density at radius 3 is 2.11 bits per heavy atom. The minimum absolute atomic E-state index is 0.00644. The van der Waals surface area contributed by atoms with Crippen LogP contribution < -0.4 is 5.32 Å². The lowest BCUT2D eigenvalue weighted by Gasteiger charge is -2.34. The number of carbonyl (C=O) groups is 3. The van der Waals surface area contributed by atoms with E-state index in [4.69, 9.17) is 0 Å². The number of hydrogen-bond acceptors (Lipinski definition) is 5. The van der Waals surface area contributed by atoms with Crippen LogP contribution in [-0.2, 0) is 36.6 Å². The predicted molar refractivity (Wildman–Crippen MR) is 142 cm³/mol. The molecular weight excluding hydrogens is 506 g/mol. The van der Waals surface area contributed by atoms with Crippen molar-refractivity contribution >= 4 is 27.8 Å². The van der Waals surface area contributed by atoms with E-state index in [0.717, 1.165) is 42.0 Å². The molecule has 2 fully saturated rings. The number of hydrogen-bond donors (Lipinski definition) is 2. The summed E-state index contributed by atoms with van der Waals surface area (Å²) in [7, 11) is -3.97. The normalized spacial score (nSPS) is 19.7. The van der Waals surface area contributed by atoms with Crippen molar-refractivity contribution in [2.75, 3.05) is 13.1 Å². The van der Waals surface area contributed by atoms with Gasteiger partial charge in [-0.1, -0.05) is 79.9 Å². The van der Waals surface area contributed by atoms with Crippen LogP contribution in [0.2, 0.25) is 0 Å². The van der Waals surface area contributed by atoms with Crippen LogP contribution in [0.15, 0.2) is 60.7 Å². The van der Waals surface area contributed by atoms with Gasteiger partial charge in [0.15, 0.2) is 6.17 Å². The van der Waals surface area contributed by atoms with Crippen LogP contribution in [0.4, 0.5) is 0 Å². The second-order valence-electron chi connectivity index (χ2n) is 10.1. The van der Waals surface area contributed by atoms with Crippen molar-refractivity contribution in [3.8, 4) is 0 Å². The van der Waals surface area contributed by atoms with E-state index in [0.29, 0.717) is 5.56 Å². The van der Waals surface area contributed by atoms with Gasteiger partial charge in [0.05, 0.1) is 18.6 Å². The standard InChI is InChI=1S/C28H35N3O6S/c32-25(18-21-10-4-1-5-11-21)30-16-17-31(38(36,37)20-22-12-6-2-7-13-22)28(30)27(35)29-24(19-26(33)34)23-14-8-3-9-15-23/h1-2,4-7,10-13,23-24,28H,3,8-9,14-20H2,(H,29,35)(H,33,34). The van der Waals surface area contributed by atoms with Crippen molar-refractivity contribution in [3.63, 3.8) is 0 Å². The molecule has 10 heteroatoms. The molecule has 38 heavy (non-hydrogen) atoms. The molecule has 2 aliphatic rings. The van der Waals surface area contributed by atoms with Crippen LogP contribution in [0.1, 0.15) is 49.7 Å². The molecule has 1 aliphatic heterocycles. The molecule has 2 unspecified atom stereocenters. The molecule has 1 saturated carbocycles. The molecule has 2 atom stereocenters. The van der Waals surface area contributed by atoms with Crippen molar-refractivity contribution in [1.29, 1.82) is 0 Å². The summed E-state index contributed by atoms with van der Waals surface area (Å²) in [6, 6.07) is 17.1. The van der Waals surface area contributed by atoms with Gasteiger partial charge in [0.2, 0.25) is 15.9 Å². The molecule has 1 heterocycles. The first-order valence-corrected chi connectivity index (χ1v) is 14.7. The van der Waals surface area contributed by atoms with Crippen molar-refractivity contribution in [3.05, 3.63) is 71.8 Å². The highest BCUT2D eigenvalue weighted by atomic mass is 32.2. The van der Waals surface area contributed by atoms with Gasteiger partial charge < -0.3 is 15.3 Å². The number of nitrogens with zero attached hydrogens (tertiary/aromatic N) is 2. The van der Waals surface area contributed by atoms with E-state index in [1.807, 2.05) is 18.2 Å². The summed E-state index contributed by atoms with van der Waals surface area (Å²) in [5.74, 6) is -2.36. The van der Waals surface area contributed by atoms with E-state index in [1.165, 1.54) is 4.90 Å². The third-order valence-corrected chi connectivity index (χ3v) is 9.17. The Bertz CT molecular complexity index is 1220. The predicted octanol–water partition coefficient (Wildman–Crippen LogP) is 2.77. The number of carboxylic acid groups (broad SMARTS) is 1. The summed E-state index contributed by atoms with van der Waals surface area (Å²) in [5, 5.41) is 12.4. The number of carbonyl (C=O) groups excluding carboxylic acids is 2. The van der Waals surface area contributed by atoms with Crippen LogP contribution in [0, 0.1) is 5.92 Å². The molecule has 2 aromatic carbocycles. The Morgan fingerprint density at radius 1 is 0.895 bits per heavy atom. The van der Waals surface area contributed by atoms with Gasteiger partial charge in [-0.25, -0.2) is 8.42 Å². The zero-order valence-corrected chi connectivity index (χ0v) is 22.2.